The molecule has 0 amide bonds. The Morgan fingerprint density at radius 2 is 2.33 bits per heavy atom. The Morgan fingerprint density at radius 3 is 3.24 bits per heavy atom. The Hall–Kier alpha value is -1.35. The lowest BCUT2D eigenvalue weighted by atomic mass is 9.65. The molecule has 1 N–H and O–H groups in total. The summed E-state index contributed by atoms with van der Waals surface area (Å²) < 4.78 is 0. The van der Waals surface area contributed by atoms with Gasteiger partial charge in [0.15, 0.2) is 0 Å². The van der Waals surface area contributed by atoms with Crippen LogP contribution in [0.3, 0.4) is 0 Å². The SMILES string of the molecule is CCC1CC2CC3c4[nH]c5ccncc5c4CCN(C2)C13. The van der Waals surface area contributed by atoms with Gasteiger partial charge in [-0.2, -0.15) is 0 Å². The molecule has 110 valence electrons. The Labute approximate surface area is 125 Å². The molecule has 5 heterocycles. The number of pyridine rings is 1. The zero-order chi connectivity index (χ0) is 14.0. The van der Waals surface area contributed by atoms with Gasteiger partial charge in [0.1, 0.15) is 0 Å². The van der Waals surface area contributed by atoms with Crippen molar-refractivity contribution in [3.8, 4) is 0 Å². The molecule has 0 radical (unpaired) electrons. The molecule has 1 saturated carbocycles. The number of hydrogen-bond donors (Lipinski definition) is 1. The second-order valence-corrected chi connectivity index (χ2v) is 7.29. The van der Waals surface area contributed by atoms with E-state index in [1.807, 2.05) is 6.20 Å². The summed E-state index contributed by atoms with van der Waals surface area (Å²) in [5.74, 6) is 2.55. The maximum absolute atomic E-state index is 4.35. The second-order valence-electron chi connectivity index (χ2n) is 7.29. The van der Waals surface area contributed by atoms with Crippen molar-refractivity contribution in [1.82, 2.24) is 14.9 Å². The fraction of sp³-hybridized carbons (Fsp3) is 0.611. The first-order valence-electron chi connectivity index (χ1n) is 8.53. The Bertz CT molecular complexity index is 689. The third-order valence-electron chi connectivity index (χ3n) is 6.32. The highest BCUT2D eigenvalue weighted by Gasteiger charge is 2.48. The second kappa shape index (κ2) is 4.33. The van der Waals surface area contributed by atoms with E-state index in [-0.39, 0.29) is 0 Å². The molecule has 6 rings (SSSR count). The zero-order valence-corrected chi connectivity index (χ0v) is 12.7. The van der Waals surface area contributed by atoms with Crippen LogP contribution < -0.4 is 0 Å². The maximum Gasteiger partial charge on any atom is 0.0490 e. The maximum atomic E-state index is 4.35. The van der Waals surface area contributed by atoms with Crippen LogP contribution >= 0.6 is 0 Å². The molecule has 4 aliphatic rings. The largest absolute Gasteiger partial charge is 0.358 e. The summed E-state index contributed by atoms with van der Waals surface area (Å²) in [6, 6.07) is 2.92. The van der Waals surface area contributed by atoms with Crippen molar-refractivity contribution < 1.29 is 0 Å². The van der Waals surface area contributed by atoms with E-state index in [0.29, 0.717) is 0 Å². The summed E-state index contributed by atoms with van der Waals surface area (Å²) in [6.45, 7) is 4.97. The monoisotopic (exact) mass is 281 g/mol. The normalized spacial score (nSPS) is 37.5. The lowest BCUT2D eigenvalue weighted by molar-refractivity contribution is -0.0134. The summed E-state index contributed by atoms with van der Waals surface area (Å²) in [6.07, 6.45) is 9.36. The van der Waals surface area contributed by atoms with E-state index in [1.54, 1.807) is 11.3 Å². The number of fused-ring (bicyclic) bond motifs is 4. The molecule has 0 aromatic carbocycles. The molecule has 1 aliphatic carbocycles. The molecule has 4 bridgehead atoms. The molecule has 0 spiro atoms. The number of hydrogen-bond acceptors (Lipinski definition) is 2. The third kappa shape index (κ3) is 1.61. The third-order valence-corrected chi connectivity index (χ3v) is 6.32. The molecule has 3 fully saturated rings. The van der Waals surface area contributed by atoms with Gasteiger partial charge in [0, 0.05) is 54.0 Å². The highest BCUT2D eigenvalue weighted by Crippen LogP contribution is 2.50. The van der Waals surface area contributed by atoms with Gasteiger partial charge in [-0.05, 0) is 42.7 Å². The van der Waals surface area contributed by atoms with Gasteiger partial charge in [0.25, 0.3) is 0 Å². The van der Waals surface area contributed by atoms with Crippen molar-refractivity contribution in [2.45, 2.75) is 44.6 Å². The van der Waals surface area contributed by atoms with Crippen LogP contribution in [0.4, 0.5) is 0 Å². The summed E-state index contributed by atoms with van der Waals surface area (Å²) in [7, 11) is 0. The fourth-order valence-corrected chi connectivity index (χ4v) is 5.53. The number of nitrogens with one attached hydrogen (secondary N) is 1. The van der Waals surface area contributed by atoms with Crippen molar-refractivity contribution in [2.75, 3.05) is 13.1 Å². The van der Waals surface area contributed by atoms with Crippen LogP contribution in [-0.2, 0) is 6.42 Å². The van der Waals surface area contributed by atoms with Crippen LogP contribution in [0.5, 0.6) is 0 Å². The van der Waals surface area contributed by atoms with Crippen LogP contribution in [0.2, 0.25) is 0 Å². The smallest absolute Gasteiger partial charge is 0.0490 e. The quantitative estimate of drug-likeness (QED) is 0.869. The molecule has 5 atom stereocenters. The Kier molecular flexibility index (Phi) is 2.52. The zero-order valence-electron chi connectivity index (χ0n) is 12.7. The minimum atomic E-state index is 0.729. The number of nitrogens with zero attached hydrogens (tertiary/aromatic N) is 2. The molecule has 2 aromatic rings. The van der Waals surface area contributed by atoms with Crippen molar-refractivity contribution in [3.63, 3.8) is 0 Å². The molecule has 3 aliphatic heterocycles. The predicted octanol–water partition coefficient (Wildman–Crippen LogP) is 3.32. The van der Waals surface area contributed by atoms with Gasteiger partial charge in [0.05, 0.1) is 0 Å². The van der Waals surface area contributed by atoms with E-state index in [9.17, 15) is 0 Å². The average molecular weight is 281 g/mol. The number of piperidine rings is 2. The van der Waals surface area contributed by atoms with Gasteiger partial charge >= 0.3 is 0 Å². The Balaban J connectivity index is 1.69. The lowest BCUT2D eigenvalue weighted by Crippen LogP contribution is -2.56. The highest BCUT2D eigenvalue weighted by molar-refractivity contribution is 5.84. The molecule has 2 saturated heterocycles. The summed E-state index contributed by atoms with van der Waals surface area (Å²) in [4.78, 5) is 10.9. The van der Waals surface area contributed by atoms with Gasteiger partial charge in [0.2, 0.25) is 0 Å². The predicted molar refractivity (Wildman–Crippen MR) is 84.4 cm³/mol. The van der Waals surface area contributed by atoms with Crippen LogP contribution in [0.1, 0.15) is 43.4 Å². The van der Waals surface area contributed by atoms with Gasteiger partial charge in [-0.3, -0.25) is 9.88 Å². The first kappa shape index (κ1) is 12.2. The minimum Gasteiger partial charge on any atom is -0.358 e. The summed E-state index contributed by atoms with van der Waals surface area (Å²) >= 11 is 0. The fourth-order valence-electron chi connectivity index (χ4n) is 5.53. The molecule has 5 unspecified atom stereocenters. The molecule has 2 aromatic heterocycles. The standard InChI is InChI=1S/C18H23N3/c1-2-12-7-11-8-14-17-13(4-6-21(10-11)18(12)14)15-9-19-5-3-16(15)20-17/h3,5,9,11-12,14,18,20H,2,4,6-8,10H2,1H3. The average Bonchev–Trinajstić information content (AvgIpc) is 2.86. The molecule has 3 heteroatoms. The number of aromatic amines is 1. The first-order chi connectivity index (χ1) is 10.3. The summed E-state index contributed by atoms with van der Waals surface area (Å²) in [5.41, 5.74) is 4.40. The van der Waals surface area contributed by atoms with Crippen LogP contribution in [0, 0.1) is 11.8 Å². The van der Waals surface area contributed by atoms with E-state index in [0.717, 1.165) is 23.8 Å². The van der Waals surface area contributed by atoms with Crippen LogP contribution in [0.25, 0.3) is 10.9 Å². The van der Waals surface area contributed by atoms with Gasteiger partial charge in [-0.25, -0.2) is 0 Å². The van der Waals surface area contributed by atoms with Crippen LogP contribution in [0.15, 0.2) is 18.5 Å². The van der Waals surface area contributed by atoms with Crippen LogP contribution in [-0.4, -0.2) is 34.0 Å². The van der Waals surface area contributed by atoms with E-state index >= 15 is 0 Å². The first-order valence-corrected chi connectivity index (χ1v) is 8.53. The van der Waals surface area contributed by atoms with E-state index < -0.39 is 0 Å². The van der Waals surface area contributed by atoms with Gasteiger partial charge in [-0.1, -0.05) is 13.3 Å². The van der Waals surface area contributed by atoms with Gasteiger partial charge in [-0.15, -0.1) is 0 Å². The molecule has 21 heavy (non-hydrogen) atoms. The summed E-state index contributed by atoms with van der Waals surface area (Å²) in [5, 5.41) is 1.37. The van der Waals surface area contributed by atoms with Gasteiger partial charge < -0.3 is 4.98 Å². The number of H-pyrrole nitrogens is 1. The molecular weight excluding hydrogens is 258 g/mol. The lowest BCUT2D eigenvalue weighted by Gasteiger charge is -2.53. The van der Waals surface area contributed by atoms with E-state index in [4.69, 9.17) is 0 Å². The number of rotatable bonds is 1. The van der Waals surface area contributed by atoms with Crippen molar-refractivity contribution in [1.29, 1.82) is 0 Å². The van der Waals surface area contributed by atoms with Crippen molar-refractivity contribution >= 4 is 10.9 Å². The minimum absolute atomic E-state index is 0.729. The molecule has 3 nitrogen and oxygen atoms in total. The topological polar surface area (TPSA) is 31.9 Å². The Morgan fingerprint density at radius 1 is 1.38 bits per heavy atom. The molecular formula is C18H23N3. The van der Waals surface area contributed by atoms with E-state index in [2.05, 4.69) is 34.1 Å². The van der Waals surface area contributed by atoms with E-state index in [1.165, 1.54) is 49.7 Å². The van der Waals surface area contributed by atoms with Crippen molar-refractivity contribution in [2.24, 2.45) is 11.8 Å². The highest BCUT2D eigenvalue weighted by atomic mass is 15.2. The number of aromatic nitrogens is 2. The van der Waals surface area contributed by atoms with Crippen molar-refractivity contribution in [3.05, 3.63) is 29.7 Å².